The zero-order valence-electron chi connectivity index (χ0n) is 13.5. The molecule has 5 nitrogen and oxygen atoms in total. The lowest BCUT2D eigenvalue weighted by Gasteiger charge is -2.25. The van der Waals surface area contributed by atoms with E-state index in [9.17, 15) is 9.59 Å². The van der Waals surface area contributed by atoms with Gasteiger partial charge in [0.1, 0.15) is 0 Å². The van der Waals surface area contributed by atoms with Gasteiger partial charge in [0.25, 0.3) is 5.91 Å². The van der Waals surface area contributed by atoms with Crippen molar-refractivity contribution in [3.05, 3.63) is 29.8 Å². The summed E-state index contributed by atoms with van der Waals surface area (Å²) in [6.07, 6.45) is 4.51. The topological polar surface area (TPSA) is 84.2 Å². The largest absolute Gasteiger partial charge is 0.352 e. The van der Waals surface area contributed by atoms with Gasteiger partial charge in [0.2, 0.25) is 5.91 Å². The van der Waals surface area contributed by atoms with E-state index in [-0.39, 0.29) is 36.2 Å². The van der Waals surface area contributed by atoms with Crippen molar-refractivity contribution in [3.63, 3.8) is 0 Å². The number of halogens is 1. The van der Waals surface area contributed by atoms with Crippen molar-refractivity contribution in [3.8, 4) is 0 Å². The number of nitrogens with two attached hydrogens (primary N) is 1. The molecule has 1 aromatic carbocycles. The van der Waals surface area contributed by atoms with Crippen LogP contribution in [-0.4, -0.2) is 24.4 Å². The summed E-state index contributed by atoms with van der Waals surface area (Å²) in [6.45, 7) is 2.65. The van der Waals surface area contributed by atoms with Crippen LogP contribution in [0.4, 0.5) is 5.69 Å². The van der Waals surface area contributed by atoms with Crippen molar-refractivity contribution in [2.24, 2.45) is 11.7 Å². The van der Waals surface area contributed by atoms with Crippen molar-refractivity contribution in [2.75, 3.05) is 11.9 Å². The van der Waals surface area contributed by atoms with Gasteiger partial charge >= 0.3 is 0 Å². The highest BCUT2D eigenvalue weighted by molar-refractivity contribution is 5.97. The number of nitrogens with one attached hydrogen (secondary N) is 2. The number of hydrogen-bond acceptors (Lipinski definition) is 3. The Balaban J connectivity index is 0.00000264. The first kappa shape index (κ1) is 19.5. The molecule has 1 fully saturated rings. The van der Waals surface area contributed by atoms with Crippen LogP contribution in [0.5, 0.6) is 0 Å². The monoisotopic (exact) mass is 339 g/mol. The molecule has 0 spiro atoms. The van der Waals surface area contributed by atoms with Crippen molar-refractivity contribution >= 4 is 29.9 Å². The Morgan fingerprint density at radius 1 is 1.30 bits per heavy atom. The fraction of sp³-hybridized carbons (Fsp3) is 0.529. The molecule has 0 aliphatic heterocycles. The minimum atomic E-state index is -0.113. The van der Waals surface area contributed by atoms with Crippen LogP contribution < -0.4 is 16.4 Å². The third-order valence-electron chi connectivity index (χ3n) is 4.01. The summed E-state index contributed by atoms with van der Waals surface area (Å²) in [4.78, 5) is 24.2. The zero-order valence-corrected chi connectivity index (χ0v) is 14.3. The summed E-state index contributed by atoms with van der Waals surface area (Å²) in [5.41, 5.74) is 7.16. The molecule has 1 saturated carbocycles. The average Bonchev–Trinajstić information content (AvgIpc) is 2.52. The molecule has 2 rings (SSSR count). The second-order valence-corrected chi connectivity index (χ2v) is 5.95. The van der Waals surface area contributed by atoms with Crippen LogP contribution in [0.2, 0.25) is 0 Å². The van der Waals surface area contributed by atoms with E-state index in [0.29, 0.717) is 17.8 Å². The predicted molar refractivity (Wildman–Crippen MR) is 94.9 cm³/mol. The second kappa shape index (κ2) is 9.53. The number of rotatable bonds is 5. The molecule has 2 atom stereocenters. The van der Waals surface area contributed by atoms with Gasteiger partial charge in [0.05, 0.1) is 0 Å². The van der Waals surface area contributed by atoms with Crippen molar-refractivity contribution in [2.45, 2.75) is 45.1 Å². The molecule has 1 aliphatic rings. The molecule has 4 N–H and O–H groups in total. The minimum absolute atomic E-state index is 0. The molecule has 0 radical (unpaired) electrons. The summed E-state index contributed by atoms with van der Waals surface area (Å²) in [5.74, 6) is -0.139. The first-order valence-corrected chi connectivity index (χ1v) is 8.05. The molecule has 23 heavy (non-hydrogen) atoms. The van der Waals surface area contributed by atoms with E-state index in [1.807, 2.05) is 6.92 Å². The minimum Gasteiger partial charge on any atom is -0.352 e. The fourth-order valence-corrected chi connectivity index (χ4v) is 2.79. The highest BCUT2D eigenvalue weighted by Gasteiger charge is 2.25. The second-order valence-electron chi connectivity index (χ2n) is 5.95. The number of hydrogen-bond donors (Lipinski definition) is 3. The lowest BCUT2D eigenvalue weighted by atomic mass is 9.85. The maximum atomic E-state index is 12.3. The fourth-order valence-electron chi connectivity index (χ4n) is 2.79. The number of carbonyl (C=O) groups is 2. The molecular formula is C17H26ClN3O2. The Labute approximate surface area is 143 Å². The predicted octanol–water partition coefficient (Wildman–Crippen LogP) is 2.70. The summed E-state index contributed by atoms with van der Waals surface area (Å²) in [6, 6.07) is 7.17. The Bertz CT molecular complexity index is 536. The first-order valence-electron chi connectivity index (χ1n) is 8.05. The molecule has 0 heterocycles. The van der Waals surface area contributed by atoms with Crippen LogP contribution in [0.25, 0.3) is 0 Å². The molecule has 128 valence electrons. The van der Waals surface area contributed by atoms with Gasteiger partial charge in [-0.3, -0.25) is 9.59 Å². The Morgan fingerprint density at radius 3 is 2.78 bits per heavy atom. The summed E-state index contributed by atoms with van der Waals surface area (Å²) < 4.78 is 0. The Morgan fingerprint density at radius 2 is 2.09 bits per heavy atom. The van der Waals surface area contributed by atoms with E-state index >= 15 is 0 Å². The molecular weight excluding hydrogens is 314 g/mol. The van der Waals surface area contributed by atoms with Crippen molar-refractivity contribution in [1.29, 1.82) is 0 Å². The molecule has 0 bridgehead atoms. The third kappa shape index (κ3) is 5.84. The third-order valence-corrected chi connectivity index (χ3v) is 4.01. The van der Waals surface area contributed by atoms with E-state index in [1.165, 1.54) is 0 Å². The molecule has 0 saturated heterocycles. The van der Waals surface area contributed by atoms with Crippen LogP contribution in [0, 0.1) is 5.92 Å². The standard InChI is InChI=1S/C17H25N3O2.ClH/c1-2-9-19-16(21)13-6-4-8-15(11-13)20-17(22)12-5-3-7-14(18)10-12;/h4,6,8,11-12,14H,2-3,5,7,9-10,18H2,1H3,(H,19,21)(H,20,22);1H. The highest BCUT2D eigenvalue weighted by Crippen LogP contribution is 2.24. The van der Waals surface area contributed by atoms with Gasteiger partial charge in [-0.05, 0) is 43.9 Å². The lowest BCUT2D eigenvalue weighted by Crippen LogP contribution is -2.34. The number of benzene rings is 1. The molecule has 0 aromatic heterocycles. The molecule has 2 amide bonds. The Kier molecular flexibility index (Phi) is 8.06. The van der Waals surface area contributed by atoms with Crippen LogP contribution in [0.15, 0.2) is 24.3 Å². The van der Waals surface area contributed by atoms with Crippen LogP contribution >= 0.6 is 12.4 Å². The van der Waals surface area contributed by atoms with E-state index in [0.717, 1.165) is 32.1 Å². The van der Waals surface area contributed by atoms with E-state index in [2.05, 4.69) is 10.6 Å². The van der Waals surface area contributed by atoms with E-state index in [1.54, 1.807) is 24.3 Å². The van der Waals surface area contributed by atoms with Gasteiger partial charge in [-0.25, -0.2) is 0 Å². The summed E-state index contributed by atoms with van der Waals surface area (Å²) >= 11 is 0. The maximum absolute atomic E-state index is 12.3. The maximum Gasteiger partial charge on any atom is 0.251 e. The van der Waals surface area contributed by atoms with Gasteiger partial charge in [-0.15, -0.1) is 12.4 Å². The summed E-state index contributed by atoms with van der Waals surface area (Å²) in [5, 5.41) is 5.74. The SMILES string of the molecule is CCCNC(=O)c1cccc(NC(=O)C2CCCC(N)C2)c1.Cl. The molecule has 1 aliphatic carbocycles. The highest BCUT2D eigenvalue weighted by atomic mass is 35.5. The molecule has 1 aromatic rings. The van der Waals surface area contributed by atoms with Gasteiger partial charge in [0, 0.05) is 29.8 Å². The van der Waals surface area contributed by atoms with E-state index < -0.39 is 0 Å². The first-order chi connectivity index (χ1) is 10.6. The van der Waals surface area contributed by atoms with Gasteiger partial charge < -0.3 is 16.4 Å². The van der Waals surface area contributed by atoms with Crippen LogP contribution in [-0.2, 0) is 4.79 Å². The van der Waals surface area contributed by atoms with Gasteiger partial charge in [-0.1, -0.05) is 19.4 Å². The lowest BCUT2D eigenvalue weighted by molar-refractivity contribution is -0.120. The smallest absolute Gasteiger partial charge is 0.251 e. The number of amides is 2. The Hall–Kier alpha value is -1.59. The van der Waals surface area contributed by atoms with E-state index in [4.69, 9.17) is 5.73 Å². The molecule has 6 heteroatoms. The van der Waals surface area contributed by atoms with Crippen molar-refractivity contribution in [1.82, 2.24) is 5.32 Å². The van der Waals surface area contributed by atoms with Gasteiger partial charge in [0.15, 0.2) is 0 Å². The molecule has 2 unspecified atom stereocenters. The van der Waals surface area contributed by atoms with Crippen LogP contribution in [0.1, 0.15) is 49.4 Å². The van der Waals surface area contributed by atoms with Crippen LogP contribution in [0.3, 0.4) is 0 Å². The summed E-state index contributed by atoms with van der Waals surface area (Å²) in [7, 11) is 0. The number of anilines is 1. The quantitative estimate of drug-likeness (QED) is 0.771. The van der Waals surface area contributed by atoms with Crippen molar-refractivity contribution < 1.29 is 9.59 Å². The van der Waals surface area contributed by atoms with Gasteiger partial charge in [-0.2, -0.15) is 0 Å². The normalized spacial score (nSPS) is 20.3. The number of carbonyl (C=O) groups excluding carboxylic acids is 2. The zero-order chi connectivity index (χ0) is 15.9. The average molecular weight is 340 g/mol.